The topological polar surface area (TPSA) is 73.0 Å². The first-order chi connectivity index (χ1) is 14.9. The van der Waals surface area contributed by atoms with Crippen LogP contribution in [-0.4, -0.2) is 76.8 Å². The Labute approximate surface area is 182 Å². The molecule has 0 aromatic heterocycles. The molecule has 3 aliphatic heterocycles. The van der Waals surface area contributed by atoms with Crippen LogP contribution >= 0.6 is 0 Å². The minimum absolute atomic E-state index is 0.0639. The summed E-state index contributed by atoms with van der Waals surface area (Å²) >= 11 is 0. The third kappa shape index (κ3) is 4.31. The molecule has 31 heavy (non-hydrogen) atoms. The highest BCUT2D eigenvalue weighted by Crippen LogP contribution is 2.32. The second kappa shape index (κ2) is 8.94. The van der Waals surface area contributed by atoms with Crippen molar-refractivity contribution in [2.45, 2.75) is 57.0 Å². The molecule has 0 aliphatic carbocycles. The predicted octanol–water partition coefficient (Wildman–Crippen LogP) is 2.16. The number of imide groups is 1. The molecule has 3 aliphatic rings. The SMILES string of the molecule is CCN1CCC2(CC1)NC(=O)N([C@H]1CCCN(C(=O)CCc3ccccc3F)C1)C2=O. The molecule has 0 unspecified atom stereocenters. The maximum absolute atomic E-state index is 13.8. The Bertz CT molecular complexity index is 853. The molecule has 8 heteroatoms. The van der Waals surface area contributed by atoms with Crippen molar-refractivity contribution in [1.29, 1.82) is 0 Å². The highest BCUT2D eigenvalue weighted by molar-refractivity contribution is 6.07. The molecule has 0 bridgehead atoms. The number of amides is 4. The number of rotatable bonds is 5. The van der Waals surface area contributed by atoms with E-state index in [1.807, 2.05) is 0 Å². The fourth-order valence-electron chi connectivity index (χ4n) is 5.06. The van der Waals surface area contributed by atoms with Gasteiger partial charge in [0.1, 0.15) is 11.4 Å². The highest BCUT2D eigenvalue weighted by Gasteiger charge is 2.54. The molecule has 1 aromatic rings. The van der Waals surface area contributed by atoms with Crippen molar-refractivity contribution in [2.75, 3.05) is 32.7 Å². The maximum Gasteiger partial charge on any atom is 0.325 e. The molecule has 1 aromatic carbocycles. The molecule has 3 heterocycles. The van der Waals surface area contributed by atoms with Gasteiger partial charge in [0.15, 0.2) is 0 Å². The van der Waals surface area contributed by atoms with E-state index in [1.165, 1.54) is 11.0 Å². The minimum atomic E-state index is -0.792. The van der Waals surface area contributed by atoms with Crippen LogP contribution in [0.1, 0.15) is 44.6 Å². The van der Waals surface area contributed by atoms with Crippen LogP contribution < -0.4 is 5.32 Å². The summed E-state index contributed by atoms with van der Waals surface area (Å²) in [7, 11) is 0. The quantitative estimate of drug-likeness (QED) is 0.727. The molecular weight excluding hydrogens is 399 g/mol. The van der Waals surface area contributed by atoms with Crippen molar-refractivity contribution in [3.63, 3.8) is 0 Å². The van der Waals surface area contributed by atoms with Gasteiger partial charge in [-0.2, -0.15) is 0 Å². The summed E-state index contributed by atoms with van der Waals surface area (Å²) in [6, 6.07) is 5.85. The molecule has 3 saturated heterocycles. The monoisotopic (exact) mass is 430 g/mol. The van der Waals surface area contributed by atoms with Crippen molar-refractivity contribution in [1.82, 2.24) is 20.0 Å². The predicted molar refractivity (Wildman–Crippen MR) is 114 cm³/mol. The fraction of sp³-hybridized carbons (Fsp3) is 0.609. The smallest absolute Gasteiger partial charge is 0.325 e. The van der Waals surface area contributed by atoms with Crippen molar-refractivity contribution in [3.05, 3.63) is 35.6 Å². The maximum atomic E-state index is 13.8. The van der Waals surface area contributed by atoms with Gasteiger partial charge in [0, 0.05) is 32.6 Å². The number of carbonyl (C=O) groups is 3. The third-order valence-electron chi connectivity index (χ3n) is 7.03. The fourth-order valence-corrected chi connectivity index (χ4v) is 5.06. The average molecular weight is 431 g/mol. The van der Waals surface area contributed by atoms with Crippen LogP contribution in [0, 0.1) is 5.82 Å². The van der Waals surface area contributed by atoms with E-state index in [9.17, 15) is 18.8 Å². The van der Waals surface area contributed by atoms with Gasteiger partial charge in [-0.3, -0.25) is 14.5 Å². The Morgan fingerprint density at radius 1 is 1.19 bits per heavy atom. The van der Waals surface area contributed by atoms with Gasteiger partial charge in [0.2, 0.25) is 5.91 Å². The largest absolute Gasteiger partial charge is 0.341 e. The standard InChI is InChI=1S/C23H31FN4O3/c1-2-26-14-11-23(12-15-26)21(30)28(22(31)25-23)18-7-5-13-27(16-18)20(29)10-9-17-6-3-4-8-19(17)24/h3-4,6,8,18H,2,5,7,9-16H2,1H3,(H,25,31)/t18-/m0/s1. The van der Waals surface area contributed by atoms with Gasteiger partial charge in [-0.05, 0) is 50.3 Å². The molecule has 3 fully saturated rings. The van der Waals surface area contributed by atoms with E-state index in [1.54, 1.807) is 23.1 Å². The van der Waals surface area contributed by atoms with Crippen LogP contribution in [-0.2, 0) is 16.0 Å². The number of benzene rings is 1. The number of nitrogens with zero attached hydrogens (tertiary/aromatic N) is 3. The van der Waals surface area contributed by atoms with Crippen LogP contribution in [0.15, 0.2) is 24.3 Å². The van der Waals surface area contributed by atoms with Crippen molar-refractivity contribution >= 4 is 17.8 Å². The van der Waals surface area contributed by atoms with Crippen molar-refractivity contribution in [2.24, 2.45) is 0 Å². The van der Waals surface area contributed by atoms with Crippen LogP contribution in [0.4, 0.5) is 9.18 Å². The van der Waals surface area contributed by atoms with E-state index < -0.39 is 5.54 Å². The van der Waals surface area contributed by atoms with Crippen molar-refractivity contribution in [3.8, 4) is 0 Å². The van der Waals surface area contributed by atoms with Gasteiger partial charge in [0.05, 0.1) is 6.04 Å². The molecule has 7 nitrogen and oxygen atoms in total. The zero-order chi connectivity index (χ0) is 22.0. The van der Waals surface area contributed by atoms with E-state index in [0.29, 0.717) is 44.3 Å². The van der Waals surface area contributed by atoms with E-state index in [2.05, 4.69) is 17.1 Å². The number of carbonyl (C=O) groups excluding carboxylic acids is 3. The molecule has 0 radical (unpaired) electrons. The lowest BCUT2D eigenvalue weighted by Crippen LogP contribution is -2.56. The Morgan fingerprint density at radius 2 is 1.94 bits per heavy atom. The van der Waals surface area contributed by atoms with Crippen LogP contribution in [0.3, 0.4) is 0 Å². The summed E-state index contributed by atoms with van der Waals surface area (Å²) in [5, 5.41) is 2.97. The summed E-state index contributed by atoms with van der Waals surface area (Å²) in [6.07, 6.45) is 3.24. The zero-order valence-electron chi connectivity index (χ0n) is 18.1. The first kappa shape index (κ1) is 21.7. The van der Waals surface area contributed by atoms with Crippen molar-refractivity contribution < 1.29 is 18.8 Å². The lowest BCUT2D eigenvalue weighted by Gasteiger charge is -2.39. The van der Waals surface area contributed by atoms with E-state index in [-0.39, 0.29) is 36.1 Å². The minimum Gasteiger partial charge on any atom is -0.341 e. The van der Waals surface area contributed by atoms with Crippen LogP contribution in [0.5, 0.6) is 0 Å². The molecule has 4 amide bonds. The Hall–Kier alpha value is -2.48. The van der Waals surface area contributed by atoms with Gasteiger partial charge in [-0.1, -0.05) is 25.1 Å². The third-order valence-corrected chi connectivity index (χ3v) is 7.03. The summed E-state index contributed by atoms with van der Waals surface area (Å²) in [4.78, 5) is 44.2. The van der Waals surface area contributed by atoms with E-state index in [0.717, 1.165) is 26.1 Å². The summed E-state index contributed by atoms with van der Waals surface area (Å²) in [5.41, 5.74) is -0.265. The number of halogens is 1. The summed E-state index contributed by atoms with van der Waals surface area (Å²) < 4.78 is 13.8. The number of likely N-dealkylation sites (tertiary alicyclic amines) is 2. The Morgan fingerprint density at radius 3 is 2.65 bits per heavy atom. The second-order valence-corrected chi connectivity index (χ2v) is 8.85. The number of nitrogens with one attached hydrogen (secondary N) is 1. The van der Waals surface area contributed by atoms with Gasteiger partial charge in [-0.25, -0.2) is 9.18 Å². The van der Waals surface area contributed by atoms with Crippen LogP contribution in [0.2, 0.25) is 0 Å². The van der Waals surface area contributed by atoms with E-state index >= 15 is 0 Å². The molecule has 0 saturated carbocycles. The molecule has 168 valence electrons. The molecular formula is C23H31FN4O3. The lowest BCUT2D eigenvalue weighted by atomic mass is 9.87. The summed E-state index contributed by atoms with van der Waals surface area (Å²) in [5.74, 6) is -0.504. The highest BCUT2D eigenvalue weighted by atomic mass is 19.1. The number of hydrogen-bond donors (Lipinski definition) is 1. The average Bonchev–Trinajstić information content (AvgIpc) is 3.02. The molecule has 1 spiro atoms. The van der Waals surface area contributed by atoms with Gasteiger partial charge < -0.3 is 15.1 Å². The van der Waals surface area contributed by atoms with Gasteiger partial charge >= 0.3 is 6.03 Å². The van der Waals surface area contributed by atoms with Gasteiger partial charge in [0.25, 0.3) is 5.91 Å². The van der Waals surface area contributed by atoms with E-state index in [4.69, 9.17) is 0 Å². The normalized spacial score (nSPS) is 24.0. The van der Waals surface area contributed by atoms with Gasteiger partial charge in [-0.15, -0.1) is 0 Å². The Kier molecular flexibility index (Phi) is 6.27. The molecule has 1 N–H and O–H groups in total. The number of hydrogen-bond acceptors (Lipinski definition) is 4. The number of urea groups is 1. The first-order valence-corrected chi connectivity index (χ1v) is 11.3. The lowest BCUT2D eigenvalue weighted by molar-refractivity contribution is -0.139. The summed E-state index contributed by atoms with van der Waals surface area (Å²) in [6.45, 7) is 5.58. The zero-order valence-corrected chi connectivity index (χ0v) is 18.1. The Balaban J connectivity index is 1.38. The second-order valence-electron chi connectivity index (χ2n) is 8.85. The molecule has 1 atom stereocenters. The first-order valence-electron chi connectivity index (χ1n) is 11.3. The molecule has 4 rings (SSSR count). The van der Waals surface area contributed by atoms with Crippen LogP contribution in [0.25, 0.3) is 0 Å². The number of piperidine rings is 2. The number of aryl methyl sites for hydroxylation is 1.